The van der Waals surface area contributed by atoms with Crippen LogP contribution in [0.15, 0.2) is 48.5 Å². The van der Waals surface area contributed by atoms with Crippen LogP contribution in [0.5, 0.6) is 5.75 Å². The first-order valence-electron chi connectivity index (χ1n) is 11.7. The van der Waals surface area contributed by atoms with Crippen molar-refractivity contribution in [3.05, 3.63) is 71.0 Å². The molecule has 174 valence electrons. The van der Waals surface area contributed by atoms with E-state index < -0.39 is 0 Å². The highest BCUT2D eigenvalue weighted by Gasteiger charge is 2.24. The maximum atomic E-state index is 12.9. The van der Waals surface area contributed by atoms with E-state index in [2.05, 4.69) is 34.4 Å². The lowest BCUT2D eigenvalue weighted by molar-refractivity contribution is 0.0746. The fourth-order valence-electron chi connectivity index (χ4n) is 4.09. The van der Waals surface area contributed by atoms with Gasteiger partial charge in [0.05, 0.1) is 7.11 Å². The number of nitrogens with zero attached hydrogens (tertiary/aromatic N) is 4. The average Bonchev–Trinajstić information content (AvgIpc) is 3.33. The van der Waals surface area contributed by atoms with E-state index in [-0.39, 0.29) is 5.91 Å². The first kappa shape index (κ1) is 23.2. The van der Waals surface area contributed by atoms with Gasteiger partial charge in [-0.1, -0.05) is 44.0 Å². The SMILES string of the molecule is CCCCCc1ccc(C(=O)N2CCN(c3nc(Cc4cccc(OC)c4)ns3)CC2)cc1. The number of piperazine rings is 1. The second-order valence-corrected chi connectivity index (χ2v) is 9.19. The highest BCUT2D eigenvalue weighted by molar-refractivity contribution is 7.09. The molecule has 0 saturated carbocycles. The van der Waals surface area contributed by atoms with Crippen molar-refractivity contribution in [1.29, 1.82) is 0 Å². The molecule has 0 aliphatic carbocycles. The van der Waals surface area contributed by atoms with Crippen molar-refractivity contribution in [1.82, 2.24) is 14.3 Å². The molecule has 1 aliphatic rings. The van der Waals surface area contributed by atoms with Gasteiger partial charge in [0.15, 0.2) is 0 Å². The summed E-state index contributed by atoms with van der Waals surface area (Å²) in [7, 11) is 1.67. The molecule has 0 atom stereocenters. The molecule has 0 N–H and O–H groups in total. The summed E-state index contributed by atoms with van der Waals surface area (Å²) in [6.07, 6.45) is 5.45. The Bertz CT molecular complexity index is 1040. The van der Waals surface area contributed by atoms with Crippen LogP contribution < -0.4 is 9.64 Å². The second kappa shape index (κ2) is 11.3. The van der Waals surface area contributed by atoms with Gasteiger partial charge < -0.3 is 14.5 Å². The van der Waals surface area contributed by atoms with Gasteiger partial charge >= 0.3 is 0 Å². The third-order valence-corrected chi connectivity index (χ3v) is 6.88. The van der Waals surface area contributed by atoms with Gasteiger partial charge in [0.2, 0.25) is 5.13 Å². The second-order valence-electron chi connectivity index (χ2n) is 8.45. The van der Waals surface area contributed by atoms with Crippen molar-refractivity contribution < 1.29 is 9.53 Å². The molecule has 0 radical (unpaired) electrons. The van der Waals surface area contributed by atoms with Crippen LogP contribution in [-0.4, -0.2) is 53.5 Å². The van der Waals surface area contributed by atoms with Crippen LogP contribution in [-0.2, 0) is 12.8 Å². The van der Waals surface area contributed by atoms with E-state index in [1.807, 2.05) is 35.2 Å². The van der Waals surface area contributed by atoms with Crippen LogP contribution in [0.25, 0.3) is 0 Å². The quantitative estimate of drug-likeness (QED) is 0.425. The minimum Gasteiger partial charge on any atom is -0.497 e. The zero-order chi connectivity index (χ0) is 23.0. The van der Waals surface area contributed by atoms with E-state index in [0.29, 0.717) is 19.5 Å². The van der Waals surface area contributed by atoms with Crippen molar-refractivity contribution in [3.8, 4) is 5.75 Å². The highest BCUT2D eigenvalue weighted by Crippen LogP contribution is 2.22. The molecule has 1 aromatic heterocycles. The molecule has 1 amide bonds. The lowest BCUT2D eigenvalue weighted by Gasteiger charge is -2.34. The lowest BCUT2D eigenvalue weighted by Crippen LogP contribution is -2.48. The Morgan fingerprint density at radius 1 is 1.03 bits per heavy atom. The number of carbonyl (C=O) groups excluding carboxylic acids is 1. The molecule has 0 spiro atoms. The van der Waals surface area contributed by atoms with Crippen LogP contribution in [0.1, 0.15) is 53.5 Å². The Morgan fingerprint density at radius 3 is 2.55 bits per heavy atom. The van der Waals surface area contributed by atoms with Crippen LogP contribution in [0.3, 0.4) is 0 Å². The first-order valence-corrected chi connectivity index (χ1v) is 12.5. The van der Waals surface area contributed by atoms with Crippen molar-refractivity contribution in [3.63, 3.8) is 0 Å². The normalized spacial score (nSPS) is 13.9. The van der Waals surface area contributed by atoms with E-state index >= 15 is 0 Å². The van der Waals surface area contributed by atoms with Crippen molar-refractivity contribution >= 4 is 22.6 Å². The molecule has 0 bridgehead atoms. The number of aromatic nitrogens is 2. The summed E-state index contributed by atoms with van der Waals surface area (Å²) in [5, 5.41) is 0.927. The first-order chi connectivity index (χ1) is 16.2. The van der Waals surface area contributed by atoms with E-state index in [9.17, 15) is 4.79 Å². The minimum atomic E-state index is 0.116. The Kier molecular flexibility index (Phi) is 7.94. The summed E-state index contributed by atoms with van der Waals surface area (Å²) < 4.78 is 9.85. The third-order valence-electron chi connectivity index (χ3n) is 6.06. The predicted octanol–water partition coefficient (Wildman–Crippen LogP) is 4.83. The molecule has 0 unspecified atom stereocenters. The zero-order valence-corrected chi connectivity index (χ0v) is 20.3. The minimum absolute atomic E-state index is 0.116. The van der Waals surface area contributed by atoms with E-state index in [4.69, 9.17) is 9.72 Å². The Balaban J connectivity index is 1.29. The summed E-state index contributed by atoms with van der Waals surface area (Å²) in [6.45, 7) is 5.15. The van der Waals surface area contributed by atoms with Crippen molar-refractivity contribution in [2.45, 2.75) is 39.0 Å². The smallest absolute Gasteiger partial charge is 0.253 e. The fourth-order valence-corrected chi connectivity index (χ4v) is 4.82. The summed E-state index contributed by atoms with van der Waals surface area (Å²) in [5.41, 5.74) is 3.22. The molecule has 2 aromatic carbocycles. The molecule has 1 saturated heterocycles. The molecule has 1 aliphatic heterocycles. The monoisotopic (exact) mass is 464 g/mol. The number of methoxy groups -OCH3 is 1. The zero-order valence-electron chi connectivity index (χ0n) is 19.5. The Morgan fingerprint density at radius 2 is 1.82 bits per heavy atom. The number of hydrogen-bond donors (Lipinski definition) is 0. The standard InChI is InChI=1S/C26H32N4O2S/c1-3-4-5-7-20-10-12-22(13-11-20)25(31)29-14-16-30(17-15-29)26-27-24(28-33-26)19-21-8-6-9-23(18-21)32-2/h6,8-13,18H,3-5,7,14-17,19H2,1-2H3. The summed E-state index contributed by atoms with van der Waals surface area (Å²) >= 11 is 1.43. The maximum absolute atomic E-state index is 12.9. The largest absolute Gasteiger partial charge is 0.497 e. The van der Waals surface area contributed by atoms with Gasteiger partial charge in [-0.15, -0.1) is 0 Å². The van der Waals surface area contributed by atoms with Crippen LogP contribution in [0, 0.1) is 0 Å². The molecule has 1 fully saturated rings. The number of carbonyl (C=O) groups is 1. The number of rotatable bonds is 9. The number of anilines is 1. The van der Waals surface area contributed by atoms with Crippen LogP contribution in [0.4, 0.5) is 5.13 Å². The lowest BCUT2D eigenvalue weighted by atomic mass is 10.0. The third kappa shape index (κ3) is 6.11. The molecule has 33 heavy (non-hydrogen) atoms. The highest BCUT2D eigenvalue weighted by atomic mass is 32.1. The summed E-state index contributed by atoms with van der Waals surface area (Å²) in [6, 6.07) is 16.2. The number of aryl methyl sites for hydroxylation is 1. The number of ether oxygens (including phenoxy) is 1. The van der Waals surface area contributed by atoms with E-state index in [1.165, 1.54) is 36.4 Å². The summed E-state index contributed by atoms with van der Waals surface area (Å²) in [5.74, 6) is 1.78. The molecule has 4 rings (SSSR count). The van der Waals surface area contributed by atoms with Crippen molar-refractivity contribution in [2.24, 2.45) is 0 Å². The molecular formula is C26H32N4O2S. The number of unbranched alkanes of at least 4 members (excludes halogenated alkanes) is 2. The van der Waals surface area contributed by atoms with Gasteiger partial charge in [0, 0.05) is 49.7 Å². The molecule has 6 nitrogen and oxygen atoms in total. The van der Waals surface area contributed by atoms with Gasteiger partial charge in [-0.3, -0.25) is 4.79 Å². The summed E-state index contributed by atoms with van der Waals surface area (Å²) in [4.78, 5) is 21.9. The average molecular weight is 465 g/mol. The van der Waals surface area contributed by atoms with Gasteiger partial charge in [-0.2, -0.15) is 4.37 Å². The molecular weight excluding hydrogens is 432 g/mol. The fraction of sp³-hybridized carbons (Fsp3) is 0.423. The molecule has 7 heteroatoms. The van der Waals surface area contributed by atoms with Gasteiger partial charge in [0.25, 0.3) is 5.91 Å². The van der Waals surface area contributed by atoms with E-state index in [0.717, 1.165) is 47.3 Å². The van der Waals surface area contributed by atoms with Gasteiger partial charge in [0.1, 0.15) is 11.6 Å². The van der Waals surface area contributed by atoms with E-state index in [1.54, 1.807) is 7.11 Å². The topological polar surface area (TPSA) is 58.6 Å². The Labute approximate surface area is 200 Å². The van der Waals surface area contributed by atoms with Crippen LogP contribution >= 0.6 is 11.5 Å². The van der Waals surface area contributed by atoms with Gasteiger partial charge in [-0.25, -0.2) is 4.98 Å². The number of hydrogen-bond acceptors (Lipinski definition) is 6. The maximum Gasteiger partial charge on any atom is 0.253 e. The predicted molar refractivity (Wildman–Crippen MR) is 133 cm³/mol. The number of benzene rings is 2. The number of amides is 1. The van der Waals surface area contributed by atoms with Crippen molar-refractivity contribution in [2.75, 3.05) is 38.2 Å². The van der Waals surface area contributed by atoms with Gasteiger partial charge in [-0.05, 0) is 48.2 Å². The molecule has 2 heterocycles. The Hall–Kier alpha value is -2.93. The molecule has 3 aromatic rings. The van der Waals surface area contributed by atoms with Crippen LogP contribution in [0.2, 0.25) is 0 Å².